The van der Waals surface area contributed by atoms with Gasteiger partial charge in [-0.1, -0.05) is 38.8 Å². The Balaban J connectivity index is 2.32. The van der Waals surface area contributed by atoms with Gasteiger partial charge in [0, 0.05) is 6.04 Å². The molecule has 4 nitrogen and oxygen atoms in total. The summed E-state index contributed by atoms with van der Waals surface area (Å²) in [7, 11) is -3.57. The number of benzene rings is 1. The van der Waals surface area contributed by atoms with Crippen LogP contribution in [0.4, 0.5) is 5.69 Å². The predicted octanol–water partition coefficient (Wildman–Crippen LogP) is 2.82. The summed E-state index contributed by atoms with van der Waals surface area (Å²) < 4.78 is 28.2. The fraction of sp³-hybridized carbons (Fsp3) is 0.600. The molecule has 1 aromatic rings. The number of anilines is 1. The standard InChI is InChI=1S/C15H24N2O2S/c1-11-7-6-8-12(16)14(11)20(18,19)17-13-9-4-5-10-15(13,2)3/h6-8,13,17H,4-5,9-10,16H2,1-3H3. The molecule has 1 aromatic carbocycles. The van der Waals surface area contributed by atoms with Gasteiger partial charge in [-0.3, -0.25) is 0 Å². The normalized spacial score (nSPS) is 22.6. The van der Waals surface area contributed by atoms with Crippen molar-refractivity contribution in [3.05, 3.63) is 23.8 Å². The first-order valence-corrected chi connectivity index (χ1v) is 8.60. The Morgan fingerprint density at radius 2 is 2.00 bits per heavy atom. The molecule has 3 N–H and O–H groups in total. The van der Waals surface area contributed by atoms with Crippen LogP contribution in [0.1, 0.15) is 45.1 Å². The minimum absolute atomic E-state index is 0.0111. The number of hydrogen-bond acceptors (Lipinski definition) is 3. The first kappa shape index (κ1) is 15.3. The van der Waals surface area contributed by atoms with Crippen molar-refractivity contribution in [2.24, 2.45) is 5.41 Å². The summed E-state index contributed by atoms with van der Waals surface area (Å²) >= 11 is 0. The lowest BCUT2D eigenvalue weighted by Crippen LogP contribution is -2.46. The number of sulfonamides is 1. The molecule has 1 fully saturated rings. The largest absolute Gasteiger partial charge is 0.398 e. The predicted molar refractivity (Wildman–Crippen MR) is 81.9 cm³/mol. The third-order valence-corrected chi connectivity index (χ3v) is 6.01. The van der Waals surface area contributed by atoms with Gasteiger partial charge in [0.2, 0.25) is 10.0 Å². The van der Waals surface area contributed by atoms with Crippen LogP contribution in [0.2, 0.25) is 0 Å². The second-order valence-corrected chi connectivity index (χ2v) is 8.05. The van der Waals surface area contributed by atoms with Crippen molar-refractivity contribution in [1.29, 1.82) is 0 Å². The Morgan fingerprint density at radius 3 is 2.60 bits per heavy atom. The molecule has 0 bridgehead atoms. The van der Waals surface area contributed by atoms with E-state index in [-0.39, 0.29) is 16.4 Å². The van der Waals surface area contributed by atoms with Crippen molar-refractivity contribution in [3.8, 4) is 0 Å². The zero-order chi connectivity index (χ0) is 15.0. The number of nitrogens with one attached hydrogen (secondary N) is 1. The molecule has 0 spiro atoms. The van der Waals surface area contributed by atoms with Gasteiger partial charge in [0.15, 0.2) is 0 Å². The zero-order valence-corrected chi connectivity index (χ0v) is 13.3. The van der Waals surface area contributed by atoms with Crippen molar-refractivity contribution in [2.75, 3.05) is 5.73 Å². The lowest BCUT2D eigenvalue weighted by atomic mass is 9.74. The van der Waals surface area contributed by atoms with Gasteiger partial charge in [0.25, 0.3) is 0 Å². The van der Waals surface area contributed by atoms with Gasteiger partial charge in [-0.05, 0) is 36.8 Å². The molecule has 5 heteroatoms. The van der Waals surface area contributed by atoms with Crippen LogP contribution in [0.15, 0.2) is 23.1 Å². The highest BCUT2D eigenvalue weighted by atomic mass is 32.2. The van der Waals surface area contributed by atoms with Crippen LogP contribution in [0.3, 0.4) is 0 Å². The smallest absolute Gasteiger partial charge is 0.243 e. The summed E-state index contributed by atoms with van der Waals surface area (Å²) in [6.45, 7) is 6.03. The summed E-state index contributed by atoms with van der Waals surface area (Å²) in [4.78, 5) is 0.223. The second-order valence-electron chi connectivity index (χ2n) is 6.40. The molecule has 1 aliphatic rings. The van der Waals surface area contributed by atoms with Crippen molar-refractivity contribution in [2.45, 2.75) is 57.4 Å². The number of nitrogen functional groups attached to an aromatic ring is 1. The fourth-order valence-electron chi connectivity index (χ4n) is 3.00. The third kappa shape index (κ3) is 2.99. The van der Waals surface area contributed by atoms with Crippen molar-refractivity contribution in [1.82, 2.24) is 4.72 Å². The highest BCUT2D eigenvalue weighted by Crippen LogP contribution is 2.36. The maximum atomic E-state index is 12.6. The van der Waals surface area contributed by atoms with E-state index in [1.165, 1.54) is 0 Å². The molecule has 0 aliphatic heterocycles. The first-order valence-electron chi connectivity index (χ1n) is 7.11. The molecule has 1 saturated carbocycles. The van der Waals surface area contributed by atoms with Gasteiger partial charge < -0.3 is 5.73 Å². The van der Waals surface area contributed by atoms with E-state index in [0.29, 0.717) is 11.3 Å². The van der Waals surface area contributed by atoms with Gasteiger partial charge in [-0.25, -0.2) is 13.1 Å². The number of hydrogen-bond donors (Lipinski definition) is 2. The minimum Gasteiger partial charge on any atom is -0.398 e. The van der Waals surface area contributed by atoms with E-state index in [2.05, 4.69) is 18.6 Å². The Labute approximate surface area is 121 Å². The average molecular weight is 296 g/mol. The van der Waals surface area contributed by atoms with Crippen LogP contribution in [0, 0.1) is 12.3 Å². The second kappa shape index (κ2) is 5.37. The fourth-order valence-corrected chi connectivity index (χ4v) is 4.80. The molecule has 0 aromatic heterocycles. The van der Waals surface area contributed by atoms with E-state index >= 15 is 0 Å². The van der Waals surface area contributed by atoms with E-state index in [1.54, 1.807) is 25.1 Å². The van der Waals surface area contributed by atoms with Crippen LogP contribution in [0.25, 0.3) is 0 Å². The first-order chi connectivity index (χ1) is 9.24. The van der Waals surface area contributed by atoms with Gasteiger partial charge in [0.05, 0.1) is 5.69 Å². The van der Waals surface area contributed by atoms with Gasteiger partial charge >= 0.3 is 0 Å². The quantitative estimate of drug-likeness (QED) is 0.842. The van der Waals surface area contributed by atoms with E-state index in [9.17, 15) is 8.42 Å². The molecule has 1 unspecified atom stereocenters. The number of rotatable bonds is 3. The average Bonchev–Trinajstić information content (AvgIpc) is 2.31. The summed E-state index contributed by atoms with van der Waals surface area (Å²) in [6.07, 6.45) is 4.17. The van der Waals surface area contributed by atoms with E-state index < -0.39 is 10.0 Å². The molecule has 0 amide bonds. The van der Waals surface area contributed by atoms with Crippen LogP contribution < -0.4 is 10.5 Å². The van der Waals surface area contributed by atoms with Crippen molar-refractivity contribution >= 4 is 15.7 Å². The molecule has 0 saturated heterocycles. The lowest BCUT2D eigenvalue weighted by Gasteiger charge is -2.38. The Kier molecular flexibility index (Phi) is 4.12. The Morgan fingerprint density at radius 1 is 1.30 bits per heavy atom. The monoisotopic (exact) mass is 296 g/mol. The zero-order valence-electron chi connectivity index (χ0n) is 12.4. The molecule has 0 heterocycles. The molecule has 0 radical (unpaired) electrons. The lowest BCUT2D eigenvalue weighted by molar-refractivity contribution is 0.188. The van der Waals surface area contributed by atoms with Gasteiger partial charge in [0.1, 0.15) is 4.90 Å². The van der Waals surface area contributed by atoms with Crippen LogP contribution >= 0.6 is 0 Å². The highest BCUT2D eigenvalue weighted by molar-refractivity contribution is 7.89. The summed E-state index contributed by atoms with van der Waals surface area (Å²) in [6, 6.07) is 5.15. The van der Waals surface area contributed by atoms with Crippen LogP contribution in [-0.2, 0) is 10.0 Å². The SMILES string of the molecule is Cc1cccc(N)c1S(=O)(=O)NC1CCCCC1(C)C. The molecule has 2 rings (SSSR count). The highest BCUT2D eigenvalue weighted by Gasteiger charge is 2.35. The van der Waals surface area contributed by atoms with Gasteiger partial charge in [-0.15, -0.1) is 0 Å². The molecular formula is C15H24N2O2S. The summed E-state index contributed by atoms with van der Waals surface area (Å²) in [5, 5.41) is 0. The van der Waals surface area contributed by atoms with E-state index in [4.69, 9.17) is 5.73 Å². The minimum atomic E-state index is -3.57. The Hall–Kier alpha value is -1.07. The molecule has 1 atom stereocenters. The third-order valence-electron chi connectivity index (χ3n) is 4.32. The maximum Gasteiger partial charge on any atom is 0.243 e. The number of nitrogens with two attached hydrogens (primary N) is 1. The van der Waals surface area contributed by atoms with E-state index in [0.717, 1.165) is 25.7 Å². The Bertz CT molecular complexity index is 574. The maximum absolute atomic E-state index is 12.6. The van der Waals surface area contributed by atoms with E-state index in [1.807, 2.05) is 0 Å². The van der Waals surface area contributed by atoms with Crippen molar-refractivity contribution in [3.63, 3.8) is 0 Å². The van der Waals surface area contributed by atoms with Crippen LogP contribution in [-0.4, -0.2) is 14.5 Å². The molecular weight excluding hydrogens is 272 g/mol. The summed E-state index contributed by atoms with van der Waals surface area (Å²) in [5.74, 6) is 0. The van der Waals surface area contributed by atoms with Crippen molar-refractivity contribution < 1.29 is 8.42 Å². The molecule has 1 aliphatic carbocycles. The van der Waals surface area contributed by atoms with Crippen LogP contribution in [0.5, 0.6) is 0 Å². The topological polar surface area (TPSA) is 72.2 Å². The molecule has 112 valence electrons. The van der Waals surface area contributed by atoms with Gasteiger partial charge in [-0.2, -0.15) is 0 Å². The molecule has 20 heavy (non-hydrogen) atoms. The number of aryl methyl sites for hydroxylation is 1. The summed E-state index contributed by atoms with van der Waals surface area (Å²) in [5.41, 5.74) is 6.85.